The second kappa shape index (κ2) is 7.38. The van der Waals surface area contributed by atoms with E-state index in [4.69, 9.17) is 0 Å². The zero-order valence-corrected chi connectivity index (χ0v) is 18.6. The Morgan fingerprint density at radius 3 is 1.65 bits per heavy atom. The van der Waals surface area contributed by atoms with Crippen LogP contribution in [-0.2, 0) is 0 Å². The van der Waals surface area contributed by atoms with E-state index in [0.717, 1.165) is 5.22 Å². The summed E-state index contributed by atoms with van der Waals surface area (Å²) in [5.41, 5.74) is 1.27. The van der Waals surface area contributed by atoms with Crippen molar-refractivity contribution < 1.29 is 9.59 Å². The molecule has 1 aliphatic heterocycles. The van der Waals surface area contributed by atoms with Crippen molar-refractivity contribution in [3.05, 3.63) is 116 Å². The molecule has 6 rings (SSSR count). The number of Topliss-reactive ketones (excluding diaryl/α,β-unsaturated/α-hetero) is 2. The van der Waals surface area contributed by atoms with Gasteiger partial charge in [-0.25, -0.2) is 0 Å². The number of thiophene rings is 1. The van der Waals surface area contributed by atoms with Gasteiger partial charge in [0.2, 0.25) is 0 Å². The molecule has 5 heteroatoms. The van der Waals surface area contributed by atoms with E-state index in [9.17, 15) is 9.59 Å². The lowest BCUT2D eigenvalue weighted by Crippen LogP contribution is -2.13. The van der Waals surface area contributed by atoms with Crippen LogP contribution >= 0.6 is 34.9 Å². The van der Waals surface area contributed by atoms with Crippen LogP contribution in [-0.4, -0.2) is 11.6 Å². The molecule has 0 spiro atoms. The number of carbonyl (C=O) groups excluding carboxylic acids is 2. The van der Waals surface area contributed by atoms with Crippen LogP contribution in [0.25, 0.3) is 9.81 Å². The number of rotatable bonds is 0. The molecule has 0 saturated heterocycles. The maximum absolute atomic E-state index is 12.7. The standard InChI is InChI=1S/C26H14O2S3/c27-24-17-5-1-2-6-18(17)25(28)23(24)16-11-9-15(10-12-16)19-13-14-22(29-19)26-30-20-7-3-4-8-21(20)31-26/h1-14H. The first kappa shape index (κ1) is 18.9. The minimum Gasteiger partial charge on any atom is -0.288 e. The number of benzene rings is 3. The van der Waals surface area contributed by atoms with E-state index in [1.54, 1.807) is 35.6 Å². The van der Waals surface area contributed by atoms with Gasteiger partial charge in [0.25, 0.3) is 0 Å². The molecule has 3 aromatic carbocycles. The average molecular weight is 455 g/mol. The van der Waals surface area contributed by atoms with Crippen molar-refractivity contribution in [2.24, 2.45) is 0 Å². The highest BCUT2D eigenvalue weighted by molar-refractivity contribution is 8.32. The first-order chi connectivity index (χ1) is 15.2. The second-order valence-corrected chi connectivity index (χ2v) is 10.7. The van der Waals surface area contributed by atoms with Gasteiger partial charge in [0.1, 0.15) is 0 Å². The van der Waals surface area contributed by atoms with Gasteiger partial charge in [-0.2, -0.15) is 0 Å². The van der Waals surface area contributed by atoms with E-state index in [-0.39, 0.29) is 17.1 Å². The predicted molar refractivity (Wildman–Crippen MR) is 128 cm³/mol. The van der Waals surface area contributed by atoms with Crippen LogP contribution in [0.3, 0.4) is 0 Å². The lowest BCUT2D eigenvalue weighted by molar-refractivity contribution is 0.102. The molecule has 4 aromatic rings. The Bertz CT molecular complexity index is 1540. The van der Waals surface area contributed by atoms with E-state index in [2.05, 4.69) is 36.4 Å². The summed E-state index contributed by atoms with van der Waals surface area (Å²) >= 11 is 5.41. The van der Waals surface area contributed by atoms with Crippen LogP contribution in [0.4, 0.5) is 0 Å². The summed E-state index contributed by atoms with van der Waals surface area (Å²) in [4.78, 5) is 28.1. The molecule has 0 saturated carbocycles. The Morgan fingerprint density at radius 1 is 0.516 bits per heavy atom. The van der Waals surface area contributed by atoms with E-state index in [0.29, 0.717) is 16.3 Å². The second-order valence-electron chi connectivity index (χ2n) is 7.26. The smallest absolute Gasteiger partial charge is 0.198 e. The van der Waals surface area contributed by atoms with E-state index >= 15 is 0 Å². The molecular weight excluding hydrogens is 440 g/mol. The maximum atomic E-state index is 12.7. The molecule has 0 radical (unpaired) electrons. The van der Waals surface area contributed by atoms with Crippen LogP contribution < -0.4 is 9.75 Å². The van der Waals surface area contributed by atoms with Crippen molar-refractivity contribution in [1.29, 1.82) is 0 Å². The van der Waals surface area contributed by atoms with E-state index < -0.39 is 0 Å². The molecule has 0 amide bonds. The maximum Gasteiger partial charge on any atom is 0.198 e. The quantitative estimate of drug-likeness (QED) is 0.364. The molecule has 0 unspecified atom stereocenters. The third-order valence-corrected chi connectivity index (χ3v) is 9.39. The van der Waals surface area contributed by atoms with Gasteiger partial charge in [-0.1, -0.05) is 84.2 Å². The largest absolute Gasteiger partial charge is 0.288 e. The van der Waals surface area contributed by atoms with Crippen molar-refractivity contribution in [2.75, 3.05) is 0 Å². The van der Waals surface area contributed by atoms with Gasteiger partial charge in [-0.05, 0) is 34.7 Å². The van der Waals surface area contributed by atoms with Crippen molar-refractivity contribution in [1.82, 2.24) is 0 Å². The highest BCUT2D eigenvalue weighted by atomic mass is 32.2. The van der Waals surface area contributed by atoms with Crippen LogP contribution in [0.15, 0.2) is 94.7 Å². The Balaban J connectivity index is 1.44. The van der Waals surface area contributed by atoms with E-state index in [1.165, 1.54) is 23.1 Å². The van der Waals surface area contributed by atoms with Gasteiger partial charge in [0.15, 0.2) is 11.6 Å². The normalized spacial score (nSPS) is 14.8. The Hall–Kier alpha value is -2.86. The molecule has 148 valence electrons. The summed E-state index contributed by atoms with van der Waals surface area (Å²) in [5.74, 6) is -0.365. The average Bonchev–Trinajstić information content (AvgIpc) is 3.51. The zero-order valence-electron chi connectivity index (χ0n) is 16.1. The lowest BCUT2D eigenvalue weighted by Gasteiger charge is -1.94. The fourth-order valence-electron chi connectivity index (χ4n) is 3.86. The molecule has 1 aromatic heterocycles. The van der Waals surface area contributed by atoms with Crippen molar-refractivity contribution in [3.8, 4) is 0 Å². The summed E-state index contributed by atoms with van der Waals surface area (Å²) in [6.07, 6.45) is 0. The third kappa shape index (κ3) is 3.12. The summed E-state index contributed by atoms with van der Waals surface area (Å²) < 4.78 is 3.74. The van der Waals surface area contributed by atoms with Crippen LogP contribution in [0, 0.1) is 9.75 Å². The molecule has 0 N–H and O–H groups in total. The molecular formula is C26H14O2S3. The van der Waals surface area contributed by atoms with Gasteiger partial charge in [0, 0.05) is 30.0 Å². The van der Waals surface area contributed by atoms with Crippen LogP contribution in [0.5, 0.6) is 0 Å². The first-order valence-electron chi connectivity index (χ1n) is 9.77. The van der Waals surface area contributed by atoms with Crippen molar-refractivity contribution in [2.45, 2.75) is 9.79 Å². The SMILES string of the molecule is O=C1C(=c2ccc(=c3ccc(=C4Sc5ccccc5S4)s3)cc2)C(=O)c2ccccc21. The fraction of sp³-hybridized carbons (Fsp3) is 0. The summed E-state index contributed by atoms with van der Waals surface area (Å²) in [5, 5.41) is 1.76. The minimum absolute atomic E-state index is 0.182. The van der Waals surface area contributed by atoms with Gasteiger partial charge in [-0.15, -0.1) is 11.3 Å². The molecule has 0 fully saturated rings. The summed E-state index contributed by atoms with van der Waals surface area (Å²) in [6, 6.07) is 27.6. The Labute approximate surface area is 190 Å². The van der Waals surface area contributed by atoms with Gasteiger partial charge in [0.05, 0.1) is 9.81 Å². The molecule has 2 nitrogen and oxygen atoms in total. The molecule has 2 heterocycles. The molecule has 0 bridgehead atoms. The highest BCUT2D eigenvalue weighted by Crippen LogP contribution is 2.51. The molecule has 31 heavy (non-hydrogen) atoms. The predicted octanol–water partition coefficient (Wildman–Crippen LogP) is 5.23. The third-order valence-electron chi connectivity index (χ3n) is 5.39. The molecule has 2 aliphatic rings. The van der Waals surface area contributed by atoms with Gasteiger partial charge < -0.3 is 0 Å². The lowest BCUT2D eigenvalue weighted by atomic mass is 10.1. The van der Waals surface area contributed by atoms with Crippen LogP contribution in [0.2, 0.25) is 0 Å². The van der Waals surface area contributed by atoms with E-state index in [1.807, 2.05) is 47.8 Å². The van der Waals surface area contributed by atoms with Crippen molar-refractivity contribution >= 4 is 56.2 Å². The number of hydrogen-bond donors (Lipinski definition) is 0. The minimum atomic E-state index is -0.182. The monoisotopic (exact) mass is 454 g/mol. The number of ketones is 2. The highest BCUT2D eigenvalue weighted by Gasteiger charge is 2.32. The summed E-state index contributed by atoms with van der Waals surface area (Å²) in [6.45, 7) is 0. The Kier molecular flexibility index (Phi) is 4.49. The summed E-state index contributed by atoms with van der Waals surface area (Å²) in [7, 11) is 0. The topological polar surface area (TPSA) is 34.1 Å². The van der Waals surface area contributed by atoms with Gasteiger partial charge in [-0.3, -0.25) is 9.59 Å². The number of hydrogen-bond acceptors (Lipinski definition) is 5. The Morgan fingerprint density at radius 2 is 1.03 bits per heavy atom. The van der Waals surface area contributed by atoms with Crippen molar-refractivity contribution in [3.63, 3.8) is 0 Å². The van der Waals surface area contributed by atoms with Gasteiger partial charge >= 0.3 is 0 Å². The number of fused-ring (bicyclic) bond motifs is 2. The molecule has 1 aliphatic carbocycles. The zero-order chi connectivity index (χ0) is 20.9. The van der Waals surface area contributed by atoms with Crippen LogP contribution in [0.1, 0.15) is 20.7 Å². The molecule has 0 atom stereocenters. The first-order valence-corrected chi connectivity index (χ1v) is 12.2. The fourth-order valence-corrected chi connectivity index (χ4v) is 7.53. The number of thioether (sulfide) groups is 2. The number of carbonyl (C=O) groups is 2.